The molecule has 142 valence electrons. The molecule has 1 unspecified atom stereocenters. The summed E-state index contributed by atoms with van der Waals surface area (Å²) in [5, 5.41) is 12.7. The first kappa shape index (κ1) is 17.8. The Morgan fingerprint density at radius 1 is 1.37 bits per heavy atom. The van der Waals surface area contributed by atoms with E-state index in [1.165, 1.54) is 11.3 Å². The van der Waals surface area contributed by atoms with Crippen LogP contribution in [0.15, 0.2) is 22.3 Å². The standard InChI is InChI=1S/C18H22N6O2S/c1-3-7-23-10-13(9-20-23)18(25)24-8-5-4-6-14(24)16-21-22-17(26-16)15-12(2)19-11-27-15/h9-11,14H,3-8H2,1-2H3. The maximum absolute atomic E-state index is 13.1. The number of likely N-dealkylation sites (tertiary alicyclic amines) is 1. The van der Waals surface area contributed by atoms with Crippen LogP contribution in [0, 0.1) is 6.92 Å². The van der Waals surface area contributed by atoms with E-state index < -0.39 is 0 Å². The maximum atomic E-state index is 13.1. The molecule has 8 nitrogen and oxygen atoms in total. The number of hydrogen-bond donors (Lipinski definition) is 0. The molecule has 4 heterocycles. The smallest absolute Gasteiger partial charge is 0.259 e. The first-order valence-corrected chi connectivity index (χ1v) is 10.1. The Balaban J connectivity index is 1.58. The van der Waals surface area contributed by atoms with Gasteiger partial charge >= 0.3 is 0 Å². The van der Waals surface area contributed by atoms with Crippen LogP contribution in [0.1, 0.15) is 60.6 Å². The minimum absolute atomic E-state index is 0.0317. The van der Waals surface area contributed by atoms with Gasteiger partial charge in [0.1, 0.15) is 10.9 Å². The highest BCUT2D eigenvalue weighted by Gasteiger charge is 2.33. The van der Waals surface area contributed by atoms with Crippen LogP contribution in [0.5, 0.6) is 0 Å². The van der Waals surface area contributed by atoms with Crippen molar-refractivity contribution >= 4 is 17.2 Å². The zero-order chi connectivity index (χ0) is 18.8. The summed E-state index contributed by atoms with van der Waals surface area (Å²) in [5.41, 5.74) is 3.24. The van der Waals surface area contributed by atoms with E-state index >= 15 is 0 Å². The Kier molecular flexibility index (Phi) is 5.02. The van der Waals surface area contributed by atoms with E-state index in [1.807, 2.05) is 22.7 Å². The van der Waals surface area contributed by atoms with Gasteiger partial charge in [-0.1, -0.05) is 6.92 Å². The van der Waals surface area contributed by atoms with Crippen molar-refractivity contribution in [3.8, 4) is 10.8 Å². The van der Waals surface area contributed by atoms with Crippen LogP contribution in [-0.2, 0) is 6.54 Å². The summed E-state index contributed by atoms with van der Waals surface area (Å²) in [6.45, 7) is 5.49. The van der Waals surface area contributed by atoms with E-state index in [9.17, 15) is 4.79 Å². The molecule has 4 rings (SSSR count). The number of rotatable bonds is 5. The molecule has 1 fully saturated rings. The first-order valence-electron chi connectivity index (χ1n) is 9.24. The number of aromatic nitrogens is 5. The predicted molar refractivity (Wildman–Crippen MR) is 100 cm³/mol. The number of carbonyl (C=O) groups excluding carboxylic acids is 1. The highest BCUT2D eigenvalue weighted by atomic mass is 32.1. The fourth-order valence-electron chi connectivity index (χ4n) is 3.39. The van der Waals surface area contributed by atoms with E-state index in [-0.39, 0.29) is 11.9 Å². The topological polar surface area (TPSA) is 89.9 Å². The largest absolute Gasteiger partial charge is 0.418 e. The lowest BCUT2D eigenvalue weighted by Crippen LogP contribution is -2.38. The van der Waals surface area contributed by atoms with Gasteiger partial charge in [0.25, 0.3) is 11.8 Å². The van der Waals surface area contributed by atoms with Crippen LogP contribution in [0.4, 0.5) is 0 Å². The Bertz CT molecular complexity index is 930. The first-order chi connectivity index (χ1) is 13.2. The molecule has 9 heteroatoms. The molecular formula is C18H22N6O2S. The molecule has 3 aromatic rings. The zero-order valence-electron chi connectivity index (χ0n) is 15.5. The normalized spacial score (nSPS) is 17.4. The molecule has 1 atom stereocenters. The summed E-state index contributed by atoms with van der Waals surface area (Å²) in [4.78, 5) is 20.0. The molecule has 0 aromatic carbocycles. The van der Waals surface area contributed by atoms with Crippen molar-refractivity contribution in [2.24, 2.45) is 0 Å². The van der Waals surface area contributed by atoms with Crippen molar-refractivity contribution < 1.29 is 9.21 Å². The minimum Gasteiger partial charge on any atom is -0.418 e. The van der Waals surface area contributed by atoms with Crippen LogP contribution in [0.25, 0.3) is 10.8 Å². The molecule has 0 bridgehead atoms. The van der Waals surface area contributed by atoms with Gasteiger partial charge in [0, 0.05) is 19.3 Å². The van der Waals surface area contributed by atoms with Gasteiger partial charge in [-0.15, -0.1) is 21.5 Å². The summed E-state index contributed by atoms with van der Waals surface area (Å²) in [5.74, 6) is 0.932. The molecular weight excluding hydrogens is 364 g/mol. The lowest BCUT2D eigenvalue weighted by molar-refractivity contribution is 0.0572. The second kappa shape index (κ2) is 7.59. The zero-order valence-corrected chi connectivity index (χ0v) is 16.3. The van der Waals surface area contributed by atoms with Crippen LogP contribution in [0.2, 0.25) is 0 Å². The van der Waals surface area contributed by atoms with Crippen molar-refractivity contribution in [1.29, 1.82) is 0 Å². The molecule has 1 aliphatic heterocycles. The highest BCUT2D eigenvalue weighted by Crippen LogP contribution is 2.34. The van der Waals surface area contributed by atoms with Crippen LogP contribution in [-0.4, -0.2) is 42.3 Å². The second-order valence-corrected chi connectivity index (χ2v) is 7.57. The third kappa shape index (κ3) is 3.51. The van der Waals surface area contributed by atoms with E-state index in [0.29, 0.717) is 23.9 Å². The van der Waals surface area contributed by atoms with Crippen molar-refractivity contribution in [1.82, 2.24) is 29.9 Å². The quantitative estimate of drug-likeness (QED) is 0.667. The highest BCUT2D eigenvalue weighted by molar-refractivity contribution is 7.13. The molecule has 0 N–H and O–H groups in total. The Morgan fingerprint density at radius 2 is 2.26 bits per heavy atom. The van der Waals surface area contributed by atoms with E-state index in [2.05, 4.69) is 27.2 Å². The van der Waals surface area contributed by atoms with Crippen molar-refractivity contribution in [2.75, 3.05) is 6.54 Å². The summed E-state index contributed by atoms with van der Waals surface area (Å²) in [6, 6.07) is -0.199. The van der Waals surface area contributed by atoms with Gasteiger partial charge in [-0.05, 0) is 32.6 Å². The number of thiazole rings is 1. The average Bonchev–Trinajstić information content (AvgIpc) is 3.42. The van der Waals surface area contributed by atoms with E-state index in [0.717, 1.165) is 42.8 Å². The molecule has 0 saturated carbocycles. The molecule has 27 heavy (non-hydrogen) atoms. The summed E-state index contributed by atoms with van der Waals surface area (Å²) in [6.07, 6.45) is 7.25. The van der Waals surface area contributed by atoms with Gasteiger partial charge in [-0.25, -0.2) is 4.98 Å². The van der Waals surface area contributed by atoms with Crippen molar-refractivity contribution in [2.45, 2.75) is 52.1 Å². The van der Waals surface area contributed by atoms with Gasteiger partial charge in [-0.2, -0.15) is 5.10 Å². The van der Waals surface area contributed by atoms with Gasteiger partial charge in [-0.3, -0.25) is 9.48 Å². The lowest BCUT2D eigenvalue weighted by Gasteiger charge is -2.33. The molecule has 1 amide bonds. The molecule has 1 aliphatic rings. The SMILES string of the molecule is CCCn1cc(C(=O)N2CCCCC2c2nnc(-c3scnc3C)o2)cn1. The van der Waals surface area contributed by atoms with Crippen LogP contribution >= 0.6 is 11.3 Å². The van der Waals surface area contributed by atoms with Crippen molar-refractivity contribution in [3.63, 3.8) is 0 Å². The molecule has 3 aromatic heterocycles. The fourth-order valence-corrected chi connectivity index (χ4v) is 4.11. The number of nitrogens with zero attached hydrogens (tertiary/aromatic N) is 6. The van der Waals surface area contributed by atoms with Gasteiger partial charge in [0.05, 0.1) is 23.0 Å². The Morgan fingerprint density at radius 3 is 3.04 bits per heavy atom. The molecule has 1 saturated heterocycles. The third-order valence-corrected chi connectivity index (χ3v) is 5.68. The molecule has 0 spiro atoms. The van der Waals surface area contributed by atoms with Crippen LogP contribution < -0.4 is 0 Å². The number of amides is 1. The monoisotopic (exact) mass is 386 g/mol. The minimum atomic E-state index is -0.199. The van der Waals surface area contributed by atoms with E-state index in [1.54, 1.807) is 11.7 Å². The average molecular weight is 386 g/mol. The Labute approximate surface area is 161 Å². The lowest BCUT2D eigenvalue weighted by atomic mass is 10.0. The number of piperidine rings is 1. The van der Waals surface area contributed by atoms with Gasteiger partial charge in [0.15, 0.2) is 0 Å². The summed E-state index contributed by atoms with van der Waals surface area (Å²) < 4.78 is 7.75. The second-order valence-electron chi connectivity index (χ2n) is 6.71. The number of carbonyl (C=O) groups is 1. The van der Waals surface area contributed by atoms with Gasteiger partial charge < -0.3 is 9.32 Å². The summed E-state index contributed by atoms with van der Waals surface area (Å²) >= 11 is 1.48. The number of aryl methyl sites for hydroxylation is 2. The van der Waals surface area contributed by atoms with E-state index in [4.69, 9.17) is 4.42 Å². The number of hydrogen-bond acceptors (Lipinski definition) is 7. The fraction of sp³-hybridized carbons (Fsp3) is 0.500. The van der Waals surface area contributed by atoms with Crippen LogP contribution in [0.3, 0.4) is 0 Å². The third-order valence-electron chi connectivity index (χ3n) is 4.76. The van der Waals surface area contributed by atoms with Crippen molar-refractivity contribution in [3.05, 3.63) is 35.1 Å². The summed E-state index contributed by atoms with van der Waals surface area (Å²) in [7, 11) is 0. The molecule has 0 radical (unpaired) electrons. The Hall–Kier alpha value is -2.55. The maximum Gasteiger partial charge on any atom is 0.259 e. The molecule has 0 aliphatic carbocycles. The predicted octanol–water partition coefficient (Wildman–Crippen LogP) is 3.48. The van der Waals surface area contributed by atoms with Gasteiger partial charge in [0.2, 0.25) is 5.89 Å².